The number of aliphatic hydroxyl groups excluding tert-OH is 4. The highest BCUT2D eigenvalue weighted by molar-refractivity contribution is 5.90. The average molecular weight is 230 g/mol. The van der Waals surface area contributed by atoms with E-state index in [0.29, 0.717) is 0 Å². The number of ketones is 1. The van der Waals surface area contributed by atoms with Crippen LogP contribution in [-0.2, 0) is 0 Å². The quantitative estimate of drug-likeness (QED) is 0.386. The van der Waals surface area contributed by atoms with Crippen molar-refractivity contribution in [3.63, 3.8) is 0 Å². The van der Waals surface area contributed by atoms with Gasteiger partial charge in [0.2, 0.25) is 0 Å². The maximum atomic E-state index is 10.9. The zero-order valence-corrected chi connectivity index (χ0v) is 8.66. The van der Waals surface area contributed by atoms with Gasteiger partial charge in [-0.15, -0.1) is 0 Å². The lowest BCUT2D eigenvalue weighted by Gasteiger charge is -2.20. The summed E-state index contributed by atoms with van der Waals surface area (Å²) in [6.45, 7) is 0.625. The number of carbonyl (C=O) groups excluding carboxylic acids is 1. The van der Waals surface area contributed by atoms with E-state index in [2.05, 4.69) is 9.97 Å². The van der Waals surface area contributed by atoms with Crippen LogP contribution in [0.5, 0.6) is 0 Å². The van der Waals surface area contributed by atoms with Crippen molar-refractivity contribution in [2.24, 2.45) is 0 Å². The van der Waals surface area contributed by atoms with Gasteiger partial charge in [-0.2, -0.15) is 0 Å². The van der Waals surface area contributed by atoms with Crippen molar-refractivity contribution in [2.45, 2.75) is 25.2 Å². The molecule has 5 N–H and O–H groups in total. The number of rotatable bonds is 5. The Balaban J connectivity index is 2.79. The van der Waals surface area contributed by atoms with Crippen LogP contribution in [0.4, 0.5) is 0 Å². The average Bonchev–Trinajstić information content (AvgIpc) is 2.75. The molecule has 0 saturated carbocycles. The fraction of sp³-hybridized carbons (Fsp3) is 0.556. The Morgan fingerprint density at radius 2 is 2.12 bits per heavy atom. The standard InChI is InChI=1S/C9H14N2O5/c1-4(13)9-10-2-5(11-9)7(15)8(16)6(14)3-12/h2,6-8,12,14-16H,3H2,1H3,(H,10,11)/t6-,7-,8?/m1/s1. The number of aromatic amines is 1. The smallest absolute Gasteiger partial charge is 0.194 e. The van der Waals surface area contributed by atoms with E-state index in [0.717, 1.165) is 0 Å². The molecule has 0 spiro atoms. The lowest BCUT2D eigenvalue weighted by molar-refractivity contribution is -0.0788. The summed E-state index contributed by atoms with van der Waals surface area (Å²) in [5, 5.41) is 36.7. The molecule has 0 aliphatic carbocycles. The van der Waals surface area contributed by atoms with Crippen molar-refractivity contribution in [1.29, 1.82) is 0 Å². The molecule has 0 fully saturated rings. The Hall–Kier alpha value is -1.28. The fourth-order valence-corrected chi connectivity index (χ4v) is 1.17. The second-order valence-electron chi connectivity index (χ2n) is 3.43. The molecule has 0 aromatic carbocycles. The third-order valence-electron chi connectivity index (χ3n) is 2.15. The zero-order chi connectivity index (χ0) is 12.3. The van der Waals surface area contributed by atoms with E-state index in [1.165, 1.54) is 13.1 Å². The number of nitrogens with zero attached hydrogens (tertiary/aromatic N) is 1. The molecule has 0 aliphatic heterocycles. The summed E-state index contributed by atoms with van der Waals surface area (Å²) in [5.41, 5.74) is 0.102. The van der Waals surface area contributed by atoms with Crippen LogP contribution in [-0.4, -0.2) is 55.0 Å². The molecule has 7 heteroatoms. The highest BCUT2D eigenvalue weighted by atomic mass is 16.4. The normalized spacial score (nSPS) is 16.8. The van der Waals surface area contributed by atoms with Gasteiger partial charge in [-0.25, -0.2) is 4.98 Å². The molecule has 1 unspecified atom stereocenters. The molecule has 1 heterocycles. The summed E-state index contributed by atoms with van der Waals surface area (Å²) in [4.78, 5) is 17.1. The van der Waals surface area contributed by atoms with E-state index in [9.17, 15) is 15.0 Å². The minimum Gasteiger partial charge on any atom is -0.394 e. The summed E-state index contributed by atoms with van der Waals surface area (Å²) in [6, 6.07) is 0. The molecule has 0 saturated heterocycles. The molecule has 90 valence electrons. The molecule has 0 amide bonds. The predicted octanol–water partition coefficient (Wildman–Crippen LogP) is -1.64. The third-order valence-corrected chi connectivity index (χ3v) is 2.15. The van der Waals surface area contributed by atoms with Crippen LogP contribution in [0.3, 0.4) is 0 Å². The van der Waals surface area contributed by atoms with Crippen LogP contribution in [0, 0.1) is 0 Å². The van der Waals surface area contributed by atoms with E-state index >= 15 is 0 Å². The van der Waals surface area contributed by atoms with Crippen LogP contribution < -0.4 is 0 Å². The van der Waals surface area contributed by atoms with Crippen molar-refractivity contribution >= 4 is 5.78 Å². The highest BCUT2D eigenvalue weighted by Crippen LogP contribution is 2.17. The third kappa shape index (κ3) is 2.64. The topological polar surface area (TPSA) is 127 Å². The van der Waals surface area contributed by atoms with Gasteiger partial charge in [-0.3, -0.25) is 4.79 Å². The Morgan fingerprint density at radius 1 is 1.50 bits per heavy atom. The summed E-state index contributed by atoms with van der Waals surface area (Å²) >= 11 is 0. The van der Waals surface area contributed by atoms with Gasteiger partial charge >= 0.3 is 0 Å². The number of Topliss-reactive ketones (excluding diaryl/α,β-unsaturated/α-hetero) is 1. The molecule has 1 aromatic rings. The number of imidazole rings is 1. The maximum Gasteiger partial charge on any atom is 0.194 e. The Bertz CT molecular complexity index is 365. The van der Waals surface area contributed by atoms with Crippen LogP contribution in [0.15, 0.2) is 6.20 Å². The SMILES string of the molecule is CC(=O)c1ncc([C@@H](O)C(O)[C@H](O)CO)[nH]1. The zero-order valence-electron chi connectivity index (χ0n) is 8.66. The van der Waals surface area contributed by atoms with E-state index in [4.69, 9.17) is 10.2 Å². The van der Waals surface area contributed by atoms with E-state index in [-0.39, 0.29) is 17.3 Å². The molecule has 7 nitrogen and oxygen atoms in total. The summed E-state index contributed by atoms with van der Waals surface area (Å²) < 4.78 is 0. The van der Waals surface area contributed by atoms with Crippen LogP contribution in [0.25, 0.3) is 0 Å². The van der Waals surface area contributed by atoms with Gasteiger partial charge in [0, 0.05) is 6.92 Å². The largest absolute Gasteiger partial charge is 0.394 e. The van der Waals surface area contributed by atoms with Gasteiger partial charge < -0.3 is 25.4 Å². The molecular weight excluding hydrogens is 216 g/mol. The highest BCUT2D eigenvalue weighted by Gasteiger charge is 2.27. The molecule has 1 aromatic heterocycles. The van der Waals surface area contributed by atoms with Crippen LogP contribution in [0.1, 0.15) is 29.3 Å². The number of aromatic nitrogens is 2. The maximum absolute atomic E-state index is 10.9. The van der Waals surface area contributed by atoms with Crippen molar-refractivity contribution in [1.82, 2.24) is 9.97 Å². The van der Waals surface area contributed by atoms with Gasteiger partial charge in [0.05, 0.1) is 18.5 Å². The first-order valence-electron chi connectivity index (χ1n) is 4.68. The molecule has 1 rings (SSSR count). The minimum atomic E-state index is -1.55. The Labute approximate surface area is 91.4 Å². The van der Waals surface area contributed by atoms with Crippen molar-refractivity contribution in [3.05, 3.63) is 17.7 Å². The van der Waals surface area contributed by atoms with Gasteiger partial charge in [0.25, 0.3) is 0 Å². The van der Waals surface area contributed by atoms with E-state index in [1.54, 1.807) is 0 Å². The van der Waals surface area contributed by atoms with E-state index in [1.807, 2.05) is 0 Å². The number of H-pyrrole nitrogens is 1. The monoisotopic (exact) mass is 230 g/mol. The number of hydrogen-bond acceptors (Lipinski definition) is 6. The Morgan fingerprint density at radius 3 is 2.56 bits per heavy atom. The molecule has 0 bridgehead atoms. The second-order valence-corrected chi connectivity index (χ2v) is 3.43. The van der Waals surface area contributed by atoms with Crippen molar-refractivity contribution in [3.8, 4) is 0 Å². The van der Waals surface area contributed by atoms with Crippen LogP contribution in [0.2, 0.25) is 0 Å². The number of carbonyl (C=O) groups is 1. The van der Waals surface area contributed by atoms with Gasteiger partial charge in [-0.1, -0.05) is 0 Å². The predicted molar refractivity (Wildman–Crippen MR) is 52.7 cm³/mol. The number of nitrogens with one attached hydrogen (secondary N) is 1. The minimum absolute atomic E-state index is 0.0553. The molecule has 16 heavy (non-hydrogen) atoms. The van der Waals surface area contributed by atoms with Gasteiger partial charge in [0.15, 0.2) is 11.6 Å². The first-order chi connectivity index (χ1) is 7.47. The van der Waals surface area contributed by atoms with Crippen molar-refractivity contribution < 1.29 is 25.2 Å². The lowest BCUT2D eigenvalue weighted by Crippen LogP contribution is -2.34. The van der Waals surface area contributed by atoms with Gasteiger partial charge in [0.1, 0.15) is 18.3 Å². The molecule has 0 aliphatic rings. The van der Waals surface area contributed by atoms with Crippen molar-refractivity contribution in [2.75, 3.05) is 6.61 Å². The summed E-state index contributed by atoms with van der Waals surface area (Å²) in [7, 11) is 0. The lowest BCUT2D eigenvalue weighted by atomic mass is 10.1. The van der Waals surface area contributed by atoms with Gasteiger partial charge in [-0.05, 0) is 0 Å². The molecular formula is C9H14N2O5. The first-order valence-corrected chi connectivity index (χ1v) is 4.68. The second kappa shape index (κ2) is 5.17. The summed E-state index contributed by atoms with van der Waals surface area (Å²) in [5.74, 6) is -0.254. The van der Waals surface area contributed by atoms with E-state index < -0.39 is 24.9 Å². The first kappa shape index (κ1) is 12.8. The van der Waals surface area contributed by atoms with Crippen LogP contribution >= 0.6 is 0 Å². The fourth-order valence-electron chi connectivity index (χ4n) is 1.17. The number of hydrogen-bond donors (Lipinski definition) is 5. The summed E-state index contributed by atoms with van der Waals surface area (Å²) in [6.07, 6.45) is -3.26. The molecule has 3 atom stereocenters. The number of aliphatic hydroxyl groups is 4. The Kier molecular flexibility index (Phi) is 4.13. The molecule has 0 radical (unpaired) electrons.